The van der Waals surface area contributed by atoms with Gasteiger partial charge in [-0.3, -0.25) is 4.99 Å². The molecule has 0 radical (unpaired) electrons. The molecule has 0 aliphatic carbocycles. The van der Waals surface area contributed by atoms with Gasteiger partial charge in [-0.05, 0) is 31.0 Å². The molecule has 0 saturated carbocycles. The number of hydrogen-bond acceptors (Lipinski definition) is 4. The molecule has 1 aromatic carbocycles. The number of nitrogens with one attached hydrogen (secondary N) is 1. The number of ether oxygens (including phenoxy) is 1. The van der Waals surface area contributed by atoms with E-state index in [2.05, 4.69) is 31.9 Å². The molecule has 0 atom stereocenters. The number of aryl methyl sites for hydroxylation is 1. The quantitative estimate of drug-likeness (QED) is 0.190. The van der Waals surface area contributed by atoms with Crippen LogP contribution in [0.25, 0.3) is 0 Å². The molecule has 0 unspecified atom stereocenters. The summed E-state index contributed by atoms with van der Waals surface area (Å²) in [5, 5.41) is 12.7. The zero-order valence-electron chi connectivity index (χ0n) is 17.8. The van der Waals surface area contributed by atoms with Crippen molar-refractivity contribution in [2.45, 2.75) is 39.8 Å². The van der Waals surface area contributed by atoms with Crippen molar-refractivity contribution in [2.24, 2.45) is 4.99 Å². The molecule has 1 aromatic heterocycles. The van der Waals surface area contributed by atoms with Crippen LogP contribution in [0, 0.1) is 0 Å². The van der Waals surface area contributed by atoms with Crippen LogP contribution in [0.3, 0.4) is 0 Å². The van der Waals surface area contributed by atoms with Gasteiger partial charge in [0.1, 0.15) is 12.2 Å². The number of guanidine groups is 1. The summed E-state index contributed by atoms with van der Waals surface area (Å²) in [4.78, 5) is 6.82. The monoisotopic (exact) mass is 568 g/mol. The minimum atomic E-state index is 0. The lowest BCUT2D eigenvalue weighted by Gasteiger charge is -2.23. The molecular formula is C20H31Cl2IN6O. The second-order valence-corrected chi connectivity index (χ2v) is 7.40. The van der Waals surface area contributed by atoms with E-state index in [0.29, 0.717) is 29.7 Å². The van der Waals surface area contributed by atoms with Gasteiger partial charge in [0.15, 0.2) is 5.96 Å². The topological polar surface area (TPSA) is 67.6 Å². The molecule has 0 aliphatic heterocycles. The van der Waals surface area contributed by atoms with Crippen molar-refractivity contribution in [3.63, 3.8) is 0 Å². The predicted octanol–water partition coefficient (Wildman–Crippen LogP) is 4.27. The fourth-order valence-electron chi connectivity index (χ4n) is 2.82. The van der Waals surface area contributed by atoms with Crippen molar-refractivity contribution in [3.8, 4) is 0 Å². The lowest BCUT2D eigenvalue weighted by Crippen LogP contribution is -2.40. The van der Waals surface area contributed by atoms with E-state index in [1.54, 1.807) is 6.33 Å². The summed E-state index contributed by atoms with van der Waals surface area (Å²) in [6.45, 7) is 8.37. The molecule has 1 N–H and O–H groups in total. The molecule has 0 saturated heterocycles. The Hall–Kier alpha value is -1.10. The molecular weight excluding hydrogens is 538 g/mol. The largest absolute Gasteiger partial charge is 0.382 e. The summed E-state index contributed by atoms with van der Waals surface area (Å²) >= 11 is 12.2. The van der Waals surface area contributed by atoms with Crippen LogP contribution >= 0.6 is 47.2 Å². The van der Waals surface area contributed by atoms with Gasteiger partial charge in [0.2, 0.25) is 0 Å². The van der Waals surface area contributed by atoms with Crippen LogP contribution in [0.1, 0.15) is 31.7 Å². The lowest BCUT2D eigenvalue weighted by molar-refractivity contribution is 0.146. The number of benzene rings is 1. The average Bonchev–Trinajstić information content (AvgIpc) is 3.16. The maximum atomic E-state index is 6.15. The summed E-state index contributed by atoms with van der Waals surface area (Å²) in [5.74, 6) is 1.81. The number of nitrogens with zero attached hydrogens (tertiary/aromatic N) is 5. The van der Waals surface area contributed by atoms with Gasteiger partial charge in [-0.15, -0.1) is 34.2 Å². The van der Waals surface area contributed by atoms with Crippen LogP contribution in [-0.4, -0.2) is 59.0 Å². The first-order valence-electron chi connectivity index (χ1n) is 9.92. The molecule has 10 heteroatoms. The zero-order valence-corrected chi connectivity index (χ0v) is 21.6. The van der Waals surface area contributed by atoms with Crippen LogP contribution in [0.5, 0.6) is 0 Å². The van der Waals surface area contributed by atoms with Crippen LogP contribution in [-0.2, 0) is 24.2 Å². The van der Waals surface area contributed by atoms with E-state index in [1.165, 1.54) is 0 Å². The number of halogens is 3. The molecule has 2 aromatic rings. The van der Waals surface area contributed by atoms with Gasteiger partial charge in [-0.25, -0.2) is 0 Å². The molecule has 30 heavy (non-hydrogen) atoms. The highest BCUT2D eigenvalue weighted by Gasteiger charge is 2.09. The third-order valence-corrected chi connectivity index (χ3v) is 5.06. The Morgan fingerprint density at radius 2 is 2.07 bits per heavy atom. The van der Waals surface area contributed by atoms with E-state index < -0.39 is 0 Å². The molecule has 168 valence electrons. The van der Waals surface area contributed by atoms with Gasteiger partial charge in [0.05, 0.1) is 10.0 Å². The van der Waals surface area contributed by atoms with Crippen molar-refractivity contribution in [1.82, 2.24) is 25.0 Å². The fourth-order valence-corrected chi connectivity index (χ4v) is 3.14. The molecule has 7 nitrogen and oxygen atoms in total. The number of aromatic nitrogens is 3. The van der Waals surface area contributed by atoms with Gasteiger partial charge in [0.25, 0.3) is 0 Å². The van der Waals surface area contributed by atoms with Gasteiger partial charge < -0.3 is 19.5 Å². The second kappa shape index (κ2) is 14.8. The standard InChI is InChI=1S/C20H30Cl2N6O.HI/c1-4-19-26-25-15-28(19)11-10-24-20(23-9-6-12-29-5-2)27(3)14-16-7-8-17(21)18(22)13-16;/h7-8,13,15H,4-6,9-12,14H2,1-3H3,(H,23,24);1H. The molecule has 1 heterocycles. The highest BCUT2D eigenvalue weighted by Crippen LogP contribution is 2.23. The molecule has 0 aliphatic rings. The van der Waals surface area contributed by atoms with E-state index in [0.717, 1.165) is 49.9 Å². The Kier molecular flexibility index (Phi) is 13.3. The Balaban J connectivity index is 0.00000450. The van der Waals surface area contributed by atoms with Crippen LogP contribution < -0.4 is 5.32 Å². The lowest BCUT2D eigenvalue weighted by atomic mass is 10.2. The Morgan fingerprint density at radius 3 is 2.77 bits per heavy atom. The summed E-state index contributed by atoms with van der Waals surface area (Å²) in [6, 6.07) is 5.68. The second-order valence-electron chi connectivity index (χ2n) is 6.58. The van der Waals surface area contributed by atoms with Crippen molar-refractivity contribution < 1.29 is 4.74 Å². The normalized spacial score (nSPS) is 11.3. The fraction of sp³-hybridized carbons (Fsp3) is 0.550. The van der Waals surface area contributed by atoms with Crippen LogP contribution in [0.2, 0.25) is 10.0 Å². The molecule has 2 rings (SSSR count). The molecule has 0 amide bonds. The Bertz CT molecular complexity index is 786. The summed E-state index contributed by atoms with van der Waals surface area (Å²) < 4.78 is 7.46. The van der Waals surface area contributed by atoms with Gasteiger partial charge >= 0.3 is 0 Å². The van der Waals surface area contributed by atoms with Crippen molar-refractivity contribution in [3.05, 3.63) is 46.0 Å². The summed E-state index contributed by atoms with van der Waals surface area (Å²) in [6.07, 6.45) is 3.50. The Morgan fingerprint density at radius 1 is 1.27 bits per heavy atom. The number of rotatable bonds is 11. The van der Waals surface area contributed by atoms with E-state index in [1.807, 2.05) is 32.2 Å². The summed E-state index contributed by atoms with van der Waals surface area (Å²) in [7, 11) is 2.01. The summed E-state index contributed by atoms with van der Waals surface area (Å²) in [5.41, 5.74) is 1.07. The van der Waals surface area contributed by atoms with Crippen molar-refractivity contribution in [2.75, 3.05) is 33.4 Å². The van der Waals surface area contributed by atoms with Gasteiger partial charge in [-0.1, -0.05) is 36.2 Å². The van der Waals surface area contributed by atoms with E-state index >= 15 is 0 Å². The zero-order chi connectivity index (χ0) is 21.1. The number of aliphatic imine (C=N–C) groups is 1. The molecule has 0 bridgehead atoms. The van der Waals surface area contributed by atoms with Crippen LogP contribution in [0.15, 0.2) is 29.5 Å². The van der Waals surface area contributed by atoms with Crippen LogP contribution in [0.4, 0.5) is 0 Å². The third kappa shape index (κ3) is 8.95. The minimum Gasteiger partial charge on any atom is -0.382 e. The first-order valence-corrected chi connectivity index (χ1v) is 10.7. The highest BCUT2D eigenvalue weighted by molar-refractivity contribution is 14.0. The first-order chi connectivity index (χ1) is 14.0. The predicted molar refractivity (Wildman–Crippen MR) is 134 cm³/mol. The maximum Gasteiger partial charge on any atom is 0.194 e. The highest BCUT2D eigenvalue weighted by atomic mass is 127. The van der Waals surface area contributed by atoms with Gasteiger partial charge in [0, 0.05) is 52.9 Å². The van der Waals surface area contributed by atoms with Gasteiger partial charge in [-0.2, -0.15) is 0 Å². The van der Waals surface area contributed by atoms with E-state index in [9.17, 15) is 0 Å². The molecule has 0 spiro atoms. The average molecular weight is 569 g/mol. The first kappa shape index (κ1) is 26.9. The SMILES string of the molecule is CCOCCCN=C(NCCn1cnnc1CC)N(C)Cc1ccc(Cl)c(Cl)c1.I. The van der Waals surface area contributed by atoms with Crippen molar-refractivity contribution in [1.29, 1.82) is 0 Å². The minimum absolute atomic E-state index is 0. The van der Waals surface area contributed by atoms with E-state index in [-0.39, 0.29) is 24.0 Å². The third-order valence-electron chi connectivity index (χ3n) is 4.33. The number of hydrogen-bond donors (Lipinski definition) is 1. The van der Waals surface area contributed by atoms with E-state index in [4.69, 9.17) is 32.9 Å². The molecule has 0 fully saturated rings. The Labute approximate surface area is 206 Å². The van der Waals surface area contributed by atoms with Crippen molar-refractivity contribution >= 4 is 53.1 Å². The smallest absolute Gasteiger partial charge is 0.194 e. The maximum absolute atomic E-state index is 6.15.